The maximum Gasteiger partial charge on any atom is 0.0195 e. The summed E-state index contributed by atoms with van der Waals surface area (Å²) in [4.78, 5) is 2.70. The average molecular weight is 212 g/mol. The van der Waals surface area contributed by atoms with Gasteiger partial charge >= 0.3 is 0 Å². The van der Waals surface area contributed by atoms with Gasteiger partial charge in [0.2, 0.25) is 0 Å². The lowest BCUT2D eigenvalue weighted by Crippen LogP contribution is -2.43. The highest BCUT2D eigenvalue weighted by Crippen LogP contribution is 2.29. The summed E-state index contributed by atoms with van der Waals surface area (Å²) in [7, 11) is 0. The number of rotatable bonds is 8. The molecule has 0 amide bonds. The highest BCUT2D eigenvalue weighted by atomic mass is 15.2. The fourth-order valence-electron chi connectivity index (χ4n) is 2.12. The Hall–Kier alpha value is -0.0800. The lowest BCUT2D eigenvalue weighted by Gasteiger charge is -2.31. The van der Waals surface area contributed by atoms with Crippen molar-refractivity contribution in [3.05, 3.63) is 0 Å². The molecular weight excluding hydrogens is 184 g/mol. The topological polar surface area (TPSA) is 15.3 Å². The molecule has 0 aromatic heterocycles. The molecule has 90 valence electrons. The Morgan fingerprint density at radius 2 is 1.93 bits per heavy atom. The molecule has 1 fully saturated rings. The van der Waals surface area contributed by atoms with E-state index in [0.29, 0.717) is 6.04 Å². The molecule has 0 heterocycles. The molecule has 1 aliphatic carbocycles. The molecule has 0 bridgehead atoms. The zero-order valence-corrected chi connectivity index (χ0v) is 10.9. The predicted molar refractivity (Wildman–Crippen MR) is 67.2 cm³/mol. The Morgan fingerprint density at radius 1 is 1.27 bits per heavy atom. The first-order valence-corrected chi connectivity index (χ1v) is 6.61. The first-order valence-electron chi connectivity index (χ1n) is 6.61. The Bertz CT molecular complexity index is 164. The van der Waals surface area contributed by atoms with Gasteiger partial charge in [-0.05, 0) is 38.6 Å². The van der Waals surface area contributed by atoms with Crippen molar-refractivity contribution in [3.8, 4) is 0 Å². The molecular formula is C13H28N2. The summed E-state index contributed by atoms with van der Waals surface area (Å²) in [5.74, 6) is 0.791. The third-order valence-corrected chi connectivity index (χ3v) is 3.02. The Balaban J connectivity index is 2.27. The standard InChI is InChI=1S/C13H28N2/c1-5-8-14-9-12(4)15(10-11(2)3)13-6-7-13/h11-14H,5-10H2,1-4H3. The van der Waals surface area contributed by atoms with Crippen LogP contribution >= 0.6 is 0 Å². The van der Waals surface area contributed by atoms with Crippen LogP contribution in [0, 0.1) is 5.92 Å². The van der Waals surface area contributed by atoms with Crippen molar-refractivity contribution < 1.29 is 0 Å². The third kappa shape index (κ3) is 4.98. The van der Waals surface area contributed by atoms with Gasteiger partial charge < -0.3 is 5.32 Å². The molecule has 2 nitrogen and oxygen atoms in total. The van der Waals surface area contributed by atoms with E-state index in [2.05, 4.69) is 37.9 Å². The molecule has 1 unspecified atom stereocenters. The van der Waals surface area contributed by atoms with E-state index in [4.69, 9.17) is 0 Å². The van der Waals surface area contributed by atoms with Crippen LogP contribution in [0.3, 0.4) is 0 Å². The third-order valence-electron chi connectivity index (χ3n) is 3.02. The van der Waals surface area contributed by atoms with Crippen LogP contribution in [0.15, 0.2) is 0 Å². The molecule has 1 aliphatic rings. The number of hydrogen-bond acceptors (Lipinski definition) is 2. The summed E-state index contributed by atoms with van der Waals surface area (Å²) < 4.78 is 0. The minimum atomic E-state index is 0.700. The van der Waals surface area contributed by atoms with Crippen LogP contribution in [0.5, 0.6) is 0 Å². The average Bonchev–Trinajstić information content (AvgIpc) is 2.97. The normalized spacial score (nSPS) is 18.8. The number of hydrogen-bond donors (Lipinski definition) is 1. The largest absolute Gasteiger partial charge is 0.315 e. The SMILES string of the molecule is CCCNCC(C)N(CC(C)C)C1CC1. The summed E-state index contributed by atoms with van der Waals surface area (Å²) in [5.41, 5.74) is 0. The Labute approximate surface area is 95.4 Å². The van der Waals surface area contributed by atoms with Crippen LogP contribution in [0.4, 0.5) is 0 Å². The Kier molecular flexibility index (Phi) is 5.62. The van der Waals surface area contributed by atoms with Gasteiger partial charge in [-0.3, -0.25) is 4.90 Å². The minimum Gasteiger partial charge on any atom is -0.315 e. The van der Waals surface area contributed by atoms with E-state index in [9.17, 15) is 0 Å². The van der Waals surface area contributed by atoms with Gasteiger partial charge in [0, 0.05) is 25.2 Å². The molecule has 0 radical (unpaired) electrons. The van der Waals surface area contributed by atoms with E-state index >= 15 is 0 Å². The zero-order valence-electron chi connectivity index (χ0n) is 10.9. The first kappa shape index (κ1) is 13.0. The lowest BCUT2D eigenvalue weighted by atomic mass is 10.1. The van der Waals surface area contributed by atoms with Gasteiger partial charge in [-0.25, -0.2) is 0 Å². The molecule has 1 rings (SSSR count). The highest BCUT2D eigenvalue weighted by Gasteiger charge is 2.31. The van der Waals surface area contributed by atoms with E-state index in [1.54, 1.807) is 0 Å². The van der Waals surface area contributed by atoms with Gasteiger partial charge in [-0.2, -0.15) is 0 Å². The van der Waals surface area contributed by atoms with Gasteiger partial charge in [0.15, 0.2) is 0 Å². The summed E-state index contributed by atoms with van der Waals surface area (Å²) in [5, 5.41) is 3.53. The second-order valence-corrected chi connectivity index (χ2v) is 5.37. The van der Waals surface area contributed by atoms with Gasteiger partial charge in [0.05, 0.1) is 0 Å². The van der Waals surface area contributed by atoms with E-state index in [1.165, 1.54) is 25.8 Å². The van der Waals surface area contributed by atoms with Crippen molar-refractivity contribution in [2.45, 2.75) is 59.0 Å². The van der Waals surface area contributed by atoms with E-state index in [1.807, 2.05) is 0 Å². The summed E-state index contributed by atoms with van der Waals surface area (Å²) >= 11 is 0. The van der Waals surface area contributed by atoms with E-state index in [0.717, 1.165) is 25.0 Å². The van der Waals surface area contributed by atoms with Crippen molar-refractivity contribution in [3.63, 3.8) is 0 Å². The number of nitrogens with one attached hydrogen (secondary N) is 1. The maximum absolute atomic E-state index is 3.53. The second-order valence-electron chi connectivity index (χ2n) is 5.37. The highest BCUT2D eigenvalue weighted by molar-refractivity contribution is 4.88. The zero-order chi connectivity index (χ0) is 11.3. The molecule has 15 heavy (non-hydrogen) atoms. The quantitative estimate of drug-likeness (QED) is 0.622. The summed E-state index contributed by atoms with van der Waals surface area (Å²) in [6.45, 7) is 12.8. The van der Waals surface area contributed by atoms with Crippen molar-refractivity contribution in [1.29, 1.82) is 0 Å². The van der Waals surface area contributed by atoms with Gasteiger partial charge in [-0.15, -0.1) is 0 Å². The number of nitrogens with zero attached hydrogens (tertiary/aromatic N) is 1. The molecule has 1 saturated carbocycles. The van der Waals surface area contributed by atoms with E-state index < -0.39 is 0 Å². The molecule has 0 aromatic carbocycles. The Morgan fingerprint density at radius 3 is 2.40 bits per heavy atom. The van der Waals surface area contributed by atoms with Gasteiger partial charge in [-0.1, -0.05) is 20.8 Å². The van der Waals surface area contributed by atoms with Crippen molar-refractivity contribution in [2.24, 2.45) is 5.92 Å². The van der Waals surface area contributed by atoms with Crippen LogP contribution in [-0.4, -0.2) is 36.6 Å². The molecule has 1 N–H and O–H groups in total. The van der Waals surface area contributed by atoms with Gasteiger partial charge in [0.25, 0.3) is 0 Å². The fourth-order valence-corrected chi connectivity index (χ4v) is 2.12. The van der Waals surface area contributed by atoms with Gasteiger partial charge in [0.1, 0.15) is 0 Å². The summed E-state index contributed by atoms with van der Waals surface area (Å²) in [6.07, 6.45) is 4.08. The van der Waals surface area contributed by atoms with Crippen LogP contribution in [0.25, 0.3) is 0 Å². The van der Waals surface area contributed by atoms with Crippen molar-refractivity contribution >= 4 is 0 Å². The van der Waals surface area contributed by atoms with Crippen molar-refractivity contribution in [1.82, 2.24) is 10.2 Å². The second kappa shape index (κ2) is 6.49. The monoisotopic (exact) mass is 212 g/mol. The molecule has 0 aromatic rings. The lowest BCUT2D eigenvalue weighted by molar-refractivity contribution is 0.173. The van der Waals surface area contributed by atoms with Crippen LogP contribution in [0.2, 0.25) is 0 Å². The molecule has 0 aliphatic heterocycles. The first-order chi connectivity index (χ1) is 7.15. The van der Waals surface area contributed by atoms with E-state index in [-0.39, 0.29) is 0 Å². The van der Waals surface area contributed by atoms with Crippen LogP contribution < -0.4 is 5.32 Å². The molecule has 0 spiro atoms. The minimum absolute atomic E-state index is 0.700. The molecule has 1 atom stereocenters. The molecule has 0 saturated heterocycles. The van der Waals surface area contributed by atoms with Crippen molar-refractivity contribution in [2.75, 3.05) is 19.6 Å². The van der Waals surface area contributed by atoms with Crippen LogP contribution in [0.1, 0.15) is 47.0 Å². The molecule has 2 heteroatoms. The van der Waals surface area contributed by atoms with Crippen LogP contribution in [-0.2, 0) is 0 Å². The smallest absolute Gasteiger partial charge is 0.0195 e. The maximum atomic E-state index is 3.53. The fraction of sp³-hybridized carbons (Fsp3) is 1.00. The summed E-state index contributed by atoms with van der Waals surface area (Å²) in [6, 6.07) is 1.59. The predicted octanol–water partition coefficient (Wildman–Crippen LogP) is 2.49.